The van der Waals surface area contributed by atoms with Gasteiger partial charge in [-0.05, 0) is 37.0 Å². The van der Waals surface area contributed by atoms with E-state index in [1.54, 1.807) is 12.1 Å². The largest absolute Gasteiger partial charge is 0.398 e. The van der Waals surface area contributed by atoms with E-state index in [-0.39, 0.29) is 10.6 Å². The molecule has 0 radical (unpaired) electrons. The zero-order valence-corrected chi connectivity index (χ0v) is 12.0. The van der Waals surface area contributed by atoms with Crippen LogP contribution in [-0.2, 0) is 10.0 Å². The van der Waals surface area contributed by atoms with Gasteiger partial charge in [-0.3, -0.25) is 0 Å². The number of anilines is 2. The zero-order chi connectivity index (χ0) is 14.0. The van der Waals surface area contributed by atoms with Crippen LogP contribution in [0.25, 0.3) is 0 Å². The van der Waals surface area contributed by atoms with Crippen LogP contribution >= 0.6 is 0 Å². The van der Waals surface area contributed by atoms with E-state index in [4.69, 9.17) is 10.9 Å². The number of hydrogen-bond donors (Lipinski definition) is 2. The number of sulfonamides is 1. The molecule has 1 atom stereocenters. The van der Waals surface area contributed by atoms with Gasteiger partial charge in [0.1, 0.15) is 4.90 Å². The van der Waals surface area contributed by atoms with Crippen LogP contribution in [0.5, 0.6) is 0 Å². The van der Waals surface area contributed by atoms with E-state index < -0.39 is 10.0 Å². The van der Waals surface area contributed by atoms with Crippen molar-refractivity contribution in [2.75, 3.05) is 23.7 Å². The second-order valence-corrected chi connectivity index (χ2v) is 6.66. The molecule has 1 saturated heterocycles. The Bertz CT molecular complexity index is 557. The summed E-state index contributed by atoms with van der Waals surface area (Å²) in [6, 6.07) is 4.99. The number of piperidine rings is 1. The molecule has 0 aliphatic carbocycles. The first-order valence-electron chi connectivity index (χ1n) is 6.59. The van der Waals surface area contributed by atoms with Gasteiger partial charge in [0.15, 0.2) is 0 Å². The molecule has 0 aromatic heterocycles. The number of nitrogens with zero attached hydrogens (tertiary/aromatic N) is 1. The summed E-state index contributed by atoms with van der Waals surface area (Å²) in [4.78, 5) is 2.27. The average Bonchev–Trinajstić information content (AvgIpc) is 2.37. The molecule has 19 heavy (non-hydrogen) atoms. The lowest BCUT2D eigenvalue weighted by Gasteiger charge is -2.34. The Balaban J connectivity index is 2.25. The highest BCUT2D eigenvalue weighted by Crippen LogP contribution is 2.28. The Morgan fingerprint density at radius 3 is 2.74 bits per heavy atom. The van der Waals surface area contributed by atoms with Crippen molar-refractivity contribution in [3.8, 4) is 0 Å². The van der Waals surface area contributed by atoms with Crippen molar-refractivity contribution in [1.29, 1.82) is 0 Å². The van der Waals surface area contributed by atoms with Gasteiger partial charge < -0.3 is 10.6 Å². The number of nitrogens with two attached hydrogens (primary N) is 2. The quantitative estimate of drug-likeness (QED) is 0.823. The third-order valence-electron chi connectivity index (χ3n) is 3.76. The standard InChI is InChI=1S/C13H21N3O2S/c1-2-10-4-3-7-16(9-10)11-5-6-13(12(14)8-11)19(15,17)18/h5-6,8,10H,2-4,7,9,14H2,1H3,(H2,15,17,18). The van der Waals surface area contributed by atoms with E-state index in [1.807, 2.05) is 0 Å². The molecule has 0 amide bonds. The lowest BCUT2D eigenvalue weighted by molar-refractivity contribution is 0.405. The van der Waals surface area contributed by atoms with Crippen LogP contribution in [0.4, 0.5) is 11.4 Å². The molecule has 2 rings (SSSR count). The number of primary sulfonamides is 1. The molecule has 0 saturated carbocycles. The van der Waals surface area contributed by atoms with Crippen LogP contribution in [0.2, 0.25) is 0 Å². The molecule has 6 heteroatoms. The summed E-state index contributed by atoms with van der Waals surface area (Å²) in [6.07, 6.45) is 3.59. The molecule has 5 nitrogen and oxygen atoms in total. The minimum absolute atomic E-state index is 0.000279. The van der Waals surface area contributed by atoms with Gasteiger partial charge in [0.05, 0.1) is 5.69 Å². The smallest absolute Gasteiger partial charge is 0.240 e. The van der Waals surface area contributed by atoms with Crippen molar-refractivity contribution >= 4 is 21.4 Å². The van der Waals surface area contributed by atoms with Gasteiger partial charge in [0.2, 0.25) is 10.0 Å². The van der Waals surface area contributed by atoms with Crippen molar-refractivity contribution in [3.63, 3.8) is 0 Å². The Kier molecular flexibility index (Phi) is 4.01. The molecule has 106 valence electrons. The summed E-state index contributed by atoms with van der Waals surface area (Å²) >= 11 is 0. The second kappa shape index (κ2) is 5.38. The summed E-state index contributed by atoms with van der Waals surface area (Å²) in [5, 5.41) is 5.11. The maximum atomic E-state index is 11.3. The number of benzene rings is 1. The Labute approximate surface area is 114 Å². The SMILES string of the molecule is CCC1CCCN(c2ccc(S(N)(=O)=O)c(N)c2)C1. The average molecular weight is 283 g/mol. The Hall–Kier alpha value is -1.27. The van der Waals surface area contributed by atoms with Crippen LogP contribution in [0.15, 0.2) is 23.1 Å². The molecule has 1 aromatic rings. The van der Waals surface area contributed by atoms with Crippen LogP contribution in [-0.4, -0.2) is 21.5 Å². The third-order valence-corrected chi connectivity index (χ3v) is 4.75. The molecule has 1 aliphatic rings. The first-order valence-corrected chi connectivity index (χ1v) is 8.13. The first kappa shape index (κ1) is 14.1. The highest BCUT2D eigenvalue weighted by atomic mass is 32.2. The van der Waals surface area contributed by atoms with Crippen molar-refractivity contribution in [2.45, 2.75) is 31.1 Å². The highest BCUT2D eigenvalue weighted by Gasteiger charge is 2.20. The monoisotopic (exact) mass is 283 g/mol. The lowest BCUT2D eigenvalue weighted by atomic mass is 9.95. The maximum Gasteiger partial charge on any atom is 0.240 e. The van der Waals surface area contributed by atoms with Crippen molar-refractivity contribution in [3.05, 3.63) is 18.2 Å². The van der Waals surface area contributed by atoms with Gasteiger partial charge in [-0.15, -0.1) is 0 Å². The van der Waals surface area contributed by atoms with E-state index in [0.29, 0.717) is 5.92 Å². The first-order chi connectivity index (χ1) is 8.91. The van der Waals surface area contributed by atoms with Crippen molar-refractivity contribution in [2.24, 2.45) is 11.1 Å². The second-order valence-electron chi connectivity index (χ2n) is 5.13. The van der Waals surface area contributed by atoms with Crippen LogP contribution < -0.4 is 15.8 Å². The number of rotatable bonds is 3. The molecule has 1 aliphatic heterocycles. The fourth-order valence-electron chi connectivity index (χ4n) is 2.62. The number of hydrogen-bond acceptors (Lipinski definition) is 4. The lowest BCUT2D eigenvalue weighted by Crippen LogP contribution is -2.35. The van der Waals surface area contributed by atoms with Crippen LogP contribution in [0.1, 0.15) is 26.2 Å². The van der Waals surface area contributed by atoms with Gasteiger partial charge >= 0.3 is 0 Å². The van der Waals surface area contributed by atoms with Gasteiger partial charge in [0, 0.05) is 18.8 Å². The van der Waals surface area contributed by atoms with Crippen LogP contribution in [0, 0.1) is 5.92 Å². The third kappa shape index (κ3) is 3.19. The van der Waals surface area contributed by atoms with E-state index in [9.17, 15) is 8.42 Å². The Morgan fingerprint density at radius 1 is 1.42 bits per heavy atom. The molecule has 1 unspecified atom stereocenters. The molecular formula is C13H21N3O2S. The zero-order valence-electron chi connectivity index (χ0n) is 11.2. The highest BCUT2D eigenvalue weighted by molar-refractivity contribution is 7.89. The summed E-state index contributed by atoms with van der Waals surface area (Å²) in [7, 11) is -3.74. The summed E-state index contributed by atoms with van der Waals surface area (Å²) in [5.74, 6) is 0.702. The summed E-state index contributed by atoms with van der Waals surface area (Å²) in [6.45, 7) is 4.20. The van der Waals surface area contributed by atoms with Gasteiger partial charge in [-0.2, -0.15) is 0 Å². The summed E-state index contributed by atoms with van der Waals surface area (Å²) in [5.41, 5.74) is 6.99. The van der Waals surface area contributed by atoms with Gasteiger partial charge in [-0.1, -0.05) is 13.3 Å². The van der Waals surface area contributed by atoms with Gasteiger partial charge in [-0.25, -0.2) is 13.6 Å². The minimum atomic E-state index is -3.74. The molecular weight excluding hydrogens is 262 g/mol. The maximum absolute atomic E-state index is 11.3. The predicted octanol–water partition coefficient (Wildman–Crippen LogP) is 1.54. The van der Waals surface area contributed by atoms with Crippen molar-refractivity contribution in [1.82, 2.24) is 0 Å². The fourth-order valence-corrected chi connectivity index (χ4v) is 3.27. The molecule has 0 spiro atoms. The van der Waals surface area contributed by atoms with E-state index in [0.717, 1.165) is 25.2 Å². The van der Waals surface area contributed by atoms with Crippen LogP contribution in [0.3, 0.4) is 0 Å². The van der Waals surface area contributed by atoms with E-state index in [1.165, 1.54) is 18.9 Å². The molecule has 0 bridgehead atoms. The normalized spacial score (nSPS) is 20.5. The topological polar surface area (TPSA) is 89.4 Å². The fraction of sp³-hybridized carbons (Fsp3) is 0.538. The summed E-state index contributed by atoms with van der Waals surface area (Å²) < 4.78 is 22.6. The minimum Gasteiger partial charge on any atom is -0.398 e. The van der Waals surface area contributed by atoms with Gasteiger partial charge in [0.25, 0.3) is 0 Å². The van der Waals surface area contributed by atoms with Crippen molar-refractivity contribution < 1.29 is 8.42 Å². The molecule has 1 fully saturated rings. The molecule has 1 heterocycles. The number of nitrogen functional groups attached to an aromatic ring is 1. The molecule has 1 aromatic carbocycles. The van der Waals surface area contributed by atoms with E-state index in [2.05, 4.69) is 11.8 Å². The Morgan fingerprint density at radius 2 is 2.16 bits per heavy atom. The predicted molar refractivity (Wildman–Crippen MR) is 77.5 cm³/mol. The van der Waals surface area contributed by atoms with E-state index >= 15 is 0 Å². The molecule has 4 N–H and O–H groups in total.